The van der Waals surface area contributed by atoms with Gasteiger partial charge in [0.2, 0.25) is 5.91 Å². The average molecular weight is 557 g/mol. The molecule has 3 fully saturated rings. The molecule has 3 aliphatic rings. The number of methoxy groups -OCH3 is 1. The van der Waals surface area contributed by atoms with E-state index >= 15 is 0 Å². The second kappa shape index (κ2) is 12.1. The monoisotopic (exact) mass is 556 g/mol. The fourth-order valence-electron chi connectivity index (χ4n) is 6.91. The van der Waals surface area contributed by atoms with Crippen LogP contribution in [0.1, 0.15) is 99.1 Å². The molecule has 0 radical (unpaired) electrons. The molecule has 0 N–H and O–H groups in total. The summed E-state index contributed by atoms with van der Waals surface area (Å²) in [5, 5.41) is 1.27. The topological polar surface area (TPSA) is 42.4 Å². The first-order chi connectivity index (χ1) is 19.5. The van der Waals surface area contributed by atoms with Crippen molar-refractivity contribution >= 4 is 22.9 Å². The third-order valence-electron chi connectivity index (χ3n) is 9.70. The number of rotatable bonds is 8. The van der Waals surface area contributed by atoms with Gasteiger partial charge in [0.15, 0.2) is 0 Å². The van der Waals surface area contributed by atoms with Crippen molar-refractivity contribution in [3.05, 3.63) is 64.8 Å². The van der Waals surface area contributed by atoms with Gasteiger partial charge in [-0.1, -0.05) is 31.2 Å². The first-order valence-electron chi connectivity index (χ1n) is 15.5. The number of ether oxygens (including phenoxy) is 1. The lowest BCUT2D eigenvalue weighted by Crippen LogP contribution is -2.41. The zero-order valence-electron chi connectivity index (χ0n) is 24.4. The summed E-state index contributed by atoms with van der Waals surface area (Å²) in [5.74, 6) is 4.02. The molecule has 0 saturated heterocycles. The molecule has 3 aromatic rings. The summed E-state index contributed by atoms with van der Waals surface area (Å²) in [6, 6.07) is 15.4. The molecule has 2 aromatic carbocycles. The van der Waals surface area contributed by atoms with E-state index < -0.39 is 0 Å². The molecule has 1 heterocycles. The molecule has 0 atom stereocenters. The largest absolute Gasteiger partial charge is 0.496 e. The van der Waals surface area contributed by atoms with E-state index in [1.165, 1.54) is 77.9 Å². The minimum Gasteiger partial charge on any atom is -0.496 e. The number of hydrogen-bond acceptors (Lipinski definition) is 4. The molecule has 5 heteroatoms. The number of hydrogen-bond donors (Lipinski definition) is 0. The number of nitrogens with zero attached hydrogens (tertiary/aromatic N) is 2. The van der Waals surface area contributed by atoms with E-state index in [9.17, 15) is 4.79 Å². The maximum atomic E-state index is 14.1. The van der Waals surface area contributed by atoms with E-state index in [0.717, 1.165) is 36.7 Å². The van der Waals surface area contributed by atoms with Crippen molar-refractivity contribution in [1.82, 2.24) is 4.98 Å². The summed E-state index contributed by atoms with van der Waals surface area (Å²) in [6.07, 6.45) is 13.7. The zero-order chi connectivity index (χ0) is 27.6. The maximum Gasteiger partial charge on any atom is 0.230 e. The van der Waals surface area contributed by atoms with Crippen molar-refractivity contribution in [2.24, 2.45) is 17.8 Å². The van der Waals surface area contributed by atoms with E-state index in [1.54, 1.807) is 7.11 Å². The second-order valence-corrected chi connectivity index (χ2v) is 13.8. The van der Waals surface area contributed by atoms with Gasteiger partial charge >= 0.3 is 0 Å². The molecule has 1 amide bonds. The van der Waals surface area contributed by atoms with Crippen LogP contribution in [-0.2, 0) is 4.79 Å². The molecule has 0 spiro atoms. The van der Waals surface area contributed by atoms with Crippen LogP contribution in [0.25, 0.3) is 10.4 Å². The summed E-state index contributed by atoms with van der Waals surface area (Å²) in [7, 11) is 1.74. The van der Waals surface area contributed by atoms with E-state index in [0.29, 0.717) is 23.7 Å². The van der Waals surface area contributed by atoms with Gasteiger partial charge in [0, 0.05) is 30.3 Å². The van der Waals surface area contributed by atoms with Gasteiger partial charge < -0.3 is 9.64 Å². The molecule has 6 rings (SSSR count). The van der Waals surface area contributed by atoms with Gasteiger partial charge in [-0.25, -0.2) is 4.98 Å². The number of carbonyl (C=O) groups excluding carboxylic acids is 1. The van der Waals surface area contributed by atoms with Crippen LogP contribution in [-0.4, -0.2) is 24.5 Å². The van der Waals surface area contributed by atoms with E-state index in [4.69, 9.17) is 9.72 Å². The van der Waals surface area contributed by atoms with Crippen molar-refractivity contribution < 1.29 is 9.53 Å². The minimum absolute atomic E-state index is 0.156. The van der Waals surface area contributed by atoms with Gasteiger partial charge in [0.05, 0.1) is 17.0 Å². The fourth-order valence-corrected chi connectivity index (χ4v) is 7.99. The Morgan fingerprint density at radius 3 is 2.40 bits per heavy atom. The summed E-state index contributed by atoms with van der Waals surface area (Å²) in [4.78, 5) is 22.2. The number of benzene rings is 2. The first kappa shape index (κ1) is 27.5. The number of thiazole rings is 1. The molecule has 1 aromatic heterocycles. The Balaban J connectivity index is 1.19. The van der Waals surface area contributed by atoms with Crippen LogP contribution >= 0.6 is 11.3 Å². The third kappa shape index (κ3) is 6.15. The van der Waals surface area contributed by atoms with Crippen LogP contribution in [0, 0.1) is 24.7 Å². The predicted molar refractivity (Wildman–Crippen MR) is 165 cm³/mol. The van der Waals surface area contributed by atoms with Gasteiger partial charge in [-0.2, -0.15) is 0 Å². The quantitative estimate of drug-likeness (QED) is 0.278. The summed E-state index contributed by atoms with van der Waals surface area (Å²) in [6.45, 7) is 5.30. The Morgan fingerprint density at radius 2 is 1.70 bits per heavy atom. The highest BCUT2D eigenvalue weighted by molar-refractivity contribution is 7.15. The van der Waals surface area contributed by atoms with Crippen LogP contribution in [0.4, 0.5) is 5.69 Å². The molecule has 0 aliphatic heterocycles. The Morgan fingerprint density at radius 1 is 0.950 bits per heavy atom. The number of aromatic nitrogens is 1. The Hall–Kier alpha value is -2.66. The standard InChI is InChI=1S/C35H44N2O2S/c1-23-7-11-28(12-8-23)35(38)37(31-6-4-5-30(20-31)33-21-36-34(40-33)27-15-16-27)22-25-9-13-26(14-10-25)29-17-18-32(39-3)24(2)19-29/h4-6,17-21,23,25-28H,7-16,22H2,1-3H3/t23-,25-,26-,28-. The summed E-state index contributed by atoms with van der Waals surface area (Å²) in [5.41, 5.74) is 4.90. The lowest BCUT2D eigenvalue weighted by Gasteiger charge is -2.36. The SMILES string of the molecule is COc1ccc([C@H]2CC[C@H](CN(c3cccc(-c4cnc(C5CC5)s4)c3)C(=O)[C@H]3CC[C@H](C)CC3)CC2)cc1C. The number of amides is 1. The smallest absolute Gasteiger partial charge is 0.230 e. The molecular formula is C35H44N2O2S. The van der Waals surface area contributed by atoms with Gasteiger partial charge in [0.1, 0.15) is 5.75 Å². The van der Waals surface area contributed by atoms with E-state index in [1.807, 2.05) is 17.5 Å². The van der Waals surface area contributed by atoms with Crippen LogP contribution in [0.15, 0.2) is 48.7 Å². The van der Waals surface area contributed by atoms with Crippen molar-refractivity contribution in [3.8, 4) is 16.2 Å². The normalized spacial score (nSPS) is 25.0. The van der Waals surface area contributed by atoms with E-state index in [-0.39, 0.29) is 5.92 Å². The molecular weight excluding hydrogens is 512 g/mol. The van der Waals surface area contributed by atoms with Crippen molar-refractivity contribution in [2.45, 2.75) is 89.9 Å². The first-order valence-corrected chi connectivity index (χ1v) is 16.3. The fraction of sp³-hybridized carbons (Fsp3) is 0.543. The van der Waals surface area contributed by atoms with Gasteiger partial charge in [-0.3, -0.25) is 4.79 Å². The van der Waals surface area contributed by atoms with Gasteiger partial charge in [0.25, 0.3) is 0 Å². The molecule has 40 heavy (non-hydrogen) atoms. The molecule has 4 nitrogen and oxygen atoms in total. The highest BCUT2D eigenvalue weighted by atomic mass is 32.1. The predicted octanol–water partition coefficient (Wildman–Crippen LogP) is 9.14. The van der Waals surface area contributed by atoms with Crippen molar-refractivity contribution in [3.63, 3.8) is 0 Å². The van der Waals surface area contributed by atoms with Crippen LogP contribution < -0.4 is 9.64 Å². The molecule has 3 aliphatic carbocycles. The number of anilines is 1. The summed E-state index contributed by atoms with van der Waals surface area (Å²) >= 11 is 1.83. The third-order valence-corrected chi connectivity index (χ3v) is 10.9. The van der Waals surface area contributed by atoms with Crippen molar-refractivity contribution in [1.29, 1.82) is 0 Å². The Labute approximate surface area is 244 Å². The highest BCUT2D eigenvalue weighted by Crippen LogP contribution is 2.44. The zero-order valence-corrected chi connectivity index (χ0v) is 25.2. The molecule has 0 unspecified atom stereocenters. The Bertz CT molecular complexity index is 1310. The number of carbonyl (C=O) groups is 1. The van der Waals surface area contributed by atoms with Crippen LogP contribution in [0.2, 0.25) is 0 Å². The summed E-state index contributed by atoms with van der Waals surface area (Å²) < 4.78 is 5.48. The lowest BCUT2D eigenvalue weighted by atomic mass is 9.78. The average Bonchev–Trinajstić information content (AvgIpc) is 3.72. The van der Waals surface area contributed by atoms with Crippen molar-refractivity contribution in [2.75, 3.05) is 18.6 Å². The highest BCUT2D eigenvalue weighted by Gasteiger charge is 2.32. The van der Waals surface area contributed by atoms with Crippen LogP contribution in [0.3, 0.4) is 0 Å². The molecule has 0 bridgehead atoms. The number of aryl methyl sites for hydroxylation is 1. The Kier molecular flexibility index (Phi) is 8.29. The lowest BCUT2D eigenvalue weighted by molar-refractivity contribution is -0.123. The molecule has 3 saturated carbocycles. The van der Waals surface area contributed by atoms with E-state index in [2.05, 4.69) is 61.2 Å². The second-order valence-electron chi connectivity index (χ2n) is 12.7. The van der Waals surface area contributed by atoms with Gasteiger partial charge in [-0.05, 0) is 124 Å². The maximum absolute atomic E-state index is 14.1. The van der Waals surface area contributed by atoms with Crippen LogP contribution in [0.5, 0.6) is 5.75 Å². The molecule has 212 valence electrons. The van der Waals surface area contributed by atoms with Gasteiger partial charge in [-0.15, -0.1) is 11.3 Å². The minimum atomic E-state index is 0.156.